The Kier molecular flexibility index (Phi) is 3.72. The van der Waals surface area contributed by atoms with Crippen molar-refractivity contribution in [3.05, 3.63) is 54.4 Å². The van der Waals surface area contributed by atoms with E-state index in [9.17, 15) is 9.18 Å². The van der Waals surface area contributed by atoms with Crippen LogP contribution in [0.1, 0.15) is 17.3 Å². The molecule has 0 aliphatic carbocycles. The molecule has 0 radical (unpaired) electrons. The first-order chi connectivity index (χ1) is 8.66. The third-order valence-electron chi connectivity index (χ3n) is 2.54. The molecule has 1 heterocycles. The van der Waals surface area contributed by atoms with E-state index >= 15 is 0 Å². The van der Waals surface area contributed by atoms with Gasteiger partial charge in [0, 0.05) is 25.0 Å². The van der Waals surface area contributed by atoms with Gasteiger partial charge in [-0.2, -0.15) is 0 Å². The van der Waals surface area contributed by atoms with Crippen LogP contribution in [0.25, 0.3) is 0 Å². The second-order valence-corrected chi connectivity index (χ2v) is 4.11. The van der Waals surface area contributed by atoms with Gasteiger partial charge in [-0.15, -0.1) is 0 Å². The summed E-state index contributed by atoms with van der Waals surface area (Å²) in [5.41, 5.74) is 0.0648. The zero-order valence-electron chi connectivity index (χ0n) is 10.0. The highest BCUT2D eigenvalue weighted by atomic mass is 19.1. The van der Waals surface area contributed by atoms with Crippen LogP contribution in [0.15, 0.2) is 43.0 Å². The summed E-state index contributed by atoms with van der Waals surface area (Å²) in [7, 11) is 0. The molecule has 2 rings (SSSR count). The molecule has 1 amide bonds. The van der Waals surface area contributed by atoms with Crippen molar-refractivity contribution in [2.45, 2.75) is 19.5 Å². The lowest BCUT2D eigenvalue weighted by molar-refractivity contribution is 0.0932. The number of hydrogen-bond acceptors (Lipinski definition) is 2. The highest BCUT2D eigenvalue weighted by Crippen LogP contribution is 2.06. The molecular weight excluding hydrogens is 233 g/mol. The number of halogens is 1. The van der Waals surface area contributed by atoms with E-state index in [1.165, 1.54) is 12.1 Å². The van der Waals surface area contributed by atoms with E-state index in [0.29, 0.717) is 6.54 Å². The summed E-state index contributed by atoms with van der Waals surface area (Å²) in [6.07, 6.45) is 5.16. The van der Waals surface area contributed by atoms with Gasteiger partial charge in [-0.1, -0.05) is 12.1 Å². The van der Waals surface area contributed by atoms with Gasteiger partial charge in [-0.25, -0.2) is 9.37 Å². The van der Waals surface area contributed by atoms with Gasteiger partial charge in [0.2, 0.25) is 0 Å². The van der Waals surface area contributed by atoms with E-state index in [4.69, 9.17) is 0 Å². The molecule has 0 fully saturated rings. The summed E-state index contributed by atoms with van der Waals surface area (Å²) in [5, 5.41) is 2.75. The minimum absolute atomic E-state index is 0.0648. The van der Waals surface area contributed by atoms with Crippen LogP contribution in [-0.2, 0) is 6.54 Å². The van der Waals surface area contributed by atoms with Crippen molar-refractivity contribution in [1.29, 1.82) is 0 Å². The van der Waals surface area contributed by atoms with Crippen LogP contribution in [0.2, 0.25) is 0 Å². The molecule has 1 aromatic carbocycles. The maximum Gasteiger partial charge on any atom is 0.254 e. The van der Waals surface area contributed by atoms with E-state index in [-0.39, 0.29) is 11.6 Å². The van der Waals surface area contributed by atoms with E-state index in [1.54, 1.807) is 24.7 Å². The summed E-state index contributed by atoms with van der Waals surface area (Å²) in [6.45, 7) is 2.46. The Hall–Kier alpha value is -2.17. The number of rotatable bonds is 4. The maximum absolute atomic E-state index is 13.4. The van der Waals surface area contributed by atoms with Gasteiger partial charge >= 0.3 is 0 Å². The van der Waals surface area contributed by atoms with Crippen molar-refractivity contribution in [2.24, 2.45) is 0 Å². The van der Waals surface area contributed by atoms with Crippen LogP contribution < -0.4 is 5.32 Å². The van der Waals surface area contributed by atoms with E-state index in [2.05, 4.69) is 10.3 Å². The number of nitrogens with zero attached hydrogens (tertiary/aromatic N) is 2. The average Bonchev–Trinajstić information content (AvgIpc) is 2.82. The van der Waals surface area contributed by atoms with Gasteiger partial charge < -0.3 is 9.88 Å². The Balaban J connectivity index is 1.97. The molecular formula is C13H14FN3O. The predicted molar refractivity (Wildman–Crippen MR) is 65.6 cm³/mol. The molecule has 0 saturated carbocycles. The van der Waals surface area contributed by atoms with Crippen LogP contribution in [-0.4, -0.2) is 21.5 Å². The molecule has 0 unspecified atom stereocenters. The highest BCUT2D eigenvalue weighted by Gasteiger charge is 2.13. The Morgan fingerprint density at radius 1 is 1.50 bits per heavy atom. The van der Waals surface area contributed by atoms with Crippen molar-refractivity contribution in [3.63, 3.8) is 0 Å². The summed E-state index contributed by atoms with van der Waals surface area (Å²) < 4.78 is 15.2. The van der Waals surface area contributed by atoms with Crippen molar-refractivity contribution < 1.29 is 9.18 Å². The SMILES string of the molecule is C[C@H](Cn1ccnc1)NC(=O)c1ccccc1F. The summed E-state index contributed by atoms with van der Waals surface area (Å²) in [4.78, 5) is 15.7. The second-order valence-electron chi connectivity index (χ2n) is 4.11. The van der Waals surface area contributed by atoms with Crippen LogP contribution in [0.5, 0.6) is 0 Å². The second kappa shape index (κ2) is 5.44. The van der Waals surface area contributed by atoms with Gasteiger partial charge in [-0.3, -0.25) is 4.79 Å². The molecule has 0 saturated heterocycles. The number of carbonyl (C=O) groups excluding carboxylic acids is 1. The lowest BCUT2D eigenvalue weighted by atomic mass is 10.2. The lowest BCUT2D eigenvalue weighted by Gasteiger charge is -2.14. The predicted octanol–water partition coefficient (Wildman–Crippen LogP) is 1.84. The summed E-state index contributed by atoms with van der Waals surface area (Å²) >= 11 is 0. The zero-order valence-corrected chi connectivity index (χ0v) is 10.0. The molecule has 1 N–H and O–H groups in total. The molecule has 94 valence electrons. The third kappa shape index (κ3) is 2.94. The monoisotopic (exact) mass is 247 g/mol. The molecule has 1 aromatic heterocycles. The fraction of sp³-hybridized carbons (Fsp3) is 0.231. The number of aromatic nitrogens is 2. The minimum atomic E-state index is -0.509. The normalized spacial score (nSPS) is 12.1. The Morgan fingerprint density at radius 2 is 2.28 bits per heavy atom. The first kappa shape index (κ1) is 12.3. The molecule has 1 atom stereocenters. The molecule has 0 aliphatic heterocycles. The Morgan fingerprint density at radius 3 is 2.94 bits per heavy atom. The van der Waals surface area contributed by atoms with Crippen molar-refractivity contribution in [1.82, 2.24) is 14.9 Å². The largest absolute Gasteiger partial charge is 0.348 e. The lowest BCUT2D eigenvalue weighted by Crippen LogP contribution is -2.35. The standard InChI is InChI=1S/C13H14FN3O/c1-10(8-17-7-6-15-9-17)16-13(18)11-4-2-3-5-12(11)14/h2-7,9-10H,8H2,1H3,(H,16,18)/t10-/m1/s1. The summed E-state index contributed by atoms with van der Waals surface area (Å²) in [5.74, 6) is -0.912. The zero-order chi connectivity index (χ0) is 13.0. The van der Waals surface area contributed by atoms with E-state index in [0.717, 1.165) is 0 Å². The number of nitrogens with one attached hydrogen (secondary N) is 1. The molecule has 2 aromatic rings. The number of amides is 1. The first-order valence-corrected chi connectivity index (χ1v) is 5.68. The summed E-state index contributed by atoms with van der Waals surface area (Å²) in [6, 6.07) is 5.83. The van der Waals surface area contributed by atoms with Crippen LogP contribution in [0, 0.1) is 5.82 Å². The van der Waals surface area contributed by atoms with E-state index in [1.807, 2.05) is 17.7 Å². The third-order valence-corrected chi connectivity index (χ3v) is 2.54. The number of carbonyl (C=O) groups is 1. The van der Waals surface area contributed by atoms with Gasteiger partial charge in [0.1, 0.15) is 5.82 Å². The van der Waals surface area contributed by atoms with Crippen molar-refractivity contribution in [2.75, 3.05) is 0 Å². The molecule has 0 bridgehead atoms. The first-order valence-electron chi connectivity index (χ1n) is 5.68. The Bertz CT molecular complexity index is 525. The molecule has 0 aliphatic rings. The van der Waals surface area contributed by atoms with Crippen molar-refractivity contribution in [3.8, 4) is 0 Å². The molecule has 18 heavy (non-hydrogen) atoms. The van der Waals surface area contributed by atoms with Gasteiger partial charge in [0.15, 0.2) is 0 Å². The number of hydrogen-bond donors (Lipinski definition) is 1. The molecule has 5 heteroatoms. The average molecular weight is 247 g/mol. The van der Waals surface area contributed by atoms with Crippen LogP contribution in [0.3, 0.4) is 0 Å². The van der Waals surface area contributed by atoms with E-state index < -0.39 is 11.7 Å². The van der Waals surface area contributed by atoms with Crippen LogP contribution >= 0.6 is 0 Å². The topological polar surface area (TPSA) is 46.9 Å². The van der Waals surface area contributed by atoms with Gasteiger partial charge in [0.25, 0.3) is 5.91 Å². The maximum atomic E-state index is 13.4. The Labute approximate surface area is 104 Å². The fourth-order valence-corrected chi connectivity index (χ4v) is 1.70. The smallest absolute Gasteiger partial charge is 0.254 e. The number of benzene rings is 1. The molecule has 0 spiro atoms. The van der Waals surface area contributed by atoms with Gasteiger partial charge in [0.05, 0.1) is 11.9 Å². The van der Waals surface area contributed by atoms with Gasteiger partial charge in [-0.05, 0) is 19.1 Å². The molecule has 4 nitrogen and oxygen atoms in total. The minimum Gasteiger partial charge on any atom is -0.348 e. The van der Waals surface area contributed by atoms with Crippen molar-refractivity contribution >= 4 is 5.91 Å². The fourth-order valence-electron chi connectivity index (χ4n) is 1.70. The number of imidazole rings is 1. The van der Waals surface area contributed by atoms with Crippen LogP contribution in [0.4, 0.5) is 4.39 Å². The highest BCUT2D eigenvalue weighted by molar-refractivity contribution is 5.94. The quantitative estimate of drug-likeness (QED) is 0.896.